The van der Waals surface area contributed by atoms with Gasteiger partial charge >= 0.3 is 0 Å². The molecule has 96 valence electrons. The van der Waals surface area contributed by atoms with Crippen molar-refractivity contribution in [1.82, 2.24) is 5.16 Å². The zero-order valence-corrected chi connectivity index (χ0v) is 9.96. The van der Waals surface area contributed by atoms with E-state index < -0.39 is 26.6 Å². The Morgan fingerprint density at radius 1 is 1.28 bits per heavy atom. The van der Waals surface area contributed by atoms with E-state index in [0.29, 0.717) is 11.8 Å². The van der Waals surface area contributed by atoms with E-state index in [0.717, 1.165) is 12.1 Å². The Morgan fingerprint density at radius 3 is 2.61 bits per heavy atom. The molecule has 0 spiro atoms. The number of nitrogens with one attached hydrogen (secondary N) is 1. The fourth-order valence-electron chi connectivity index (χ4n) is 1.29. The Labute approximate surface area is 101 Å². The fourth-order valence-corrected chi connectivity index (χ4v) is 2.36. The number of sulfonamides is 1. The van der Waals surface area contributed by atoms with Crippen LogP contribution in [0, 0.1) is 18.6 Å². The number of nitrogens with zero attached hydrogens (tertiary/aromatic N) is 1. The summed E-state index contributed by atoms with van der Waals surface area (Å²) in [4.78, 5) is -0.789. The molecule has 0 saturated carbocycles. The molecule has 1 N–H and O–H groups in total. The highest BCUT2D eigenvalue weighted by Gasteiger charge is 2.21. The van der Waals surface area contributed by atoms with Gasteiger partial charge in [0.05, 0.1) is 0 Å². The van der Waals surface area contributed by atoms with Crippen molar-refractivity contribution in [1.29, 1.82) is 0 Å². The van der Waals surface area contributed by atoms with Gasteiger partial charge < -0.3 is 4.52 Å². The predicted octanol–water partition coefficient (Wildman–Crippen LogP) is 2.06. The molecule has 5 nitrogen and oxygen atoms in total. The Bertz CT molecular complexity index is 682. The van der Waals surface area contributed by atoms with E-state index >= 15 is 0 Å². The highest BCUT2D eigenvalue weighted by molar-refractivity contribution is 7.92. The standard InChI is InChI=1S/C10H8F2N2O3S/c1-6-4-10(13-17-6)14-18(15,16)9-5-7(11)2-3-8(9)12/h2-5H,1H3,(H,13,14). The third-order valence-corrected chi connectivity index (χ3v) is 3.42. The molecular weight excluding hydrogens is 266 g/mol. The van der Waals surface area contributed by atoms with Gasteiger partial charge in [0.1, 0.15) is 22.3 Å². The van der Waals surface area contributed by atoms with Gasteiger partial charge in [-0.05, 0) is 25.1 Å². The molecular formula is C10H8F2N2O3S. The lowest BCUT2D eigenvalue weighted by Crippen LogP contribution is -2.15. The molecule has 0 unspecified atom stereocenters. The lowest BCUT2D eigenvalue weighted by Gasteiger charge is -2.05. The summed E-state index contributed by atoms with van der Waals surface area (Å²) >= 11 is 0. The summed E-state index contributed by atoms with van der Waals surface area (Å²) in [6.45, 7) is 1.56. The van der Waals surface area contributed by atoms with E-state index in [2.05, 4.69) is 9.68 Å². The first-order chi connectivity index (χ1) is 8.38. The second-order valence-corrected chi connectivity index (χ2v) is 5.15. The first kappa shape index (κ1) is 12.5. The van der Waals surface area contributed by atoms with E-state index in [9.17, 15) is 17.2 Å². The van der Waals surface area contributed by atoms with Crippen LogP contribution in [0.15, 0.2) is 33.7 Å². The van der Waals surface area contributed by atoms with Crippen molar-refractivity contribution in [3.63, 3.8) is 0 Å². The number of hydrogen-bond acceptors (Lipinski definition) is 4. The van der Waals surface area contributed by atoms with Gasteiger partial charge in [-0.2, -0.15) is 0 Å². The maximum atomic E-state index is 13.3. The Kier molecular flexibility index (Phi) is 3.04. The van der Waals surface area contributed by atoms with E-state index in [1.54, 1.807) is 6.92 Å². The Morgan fingerprint density at radius 2 is 2.00 bits per heavy atom. The molecule has 2 rings (SSSR count). The summed E-state index contributed by atoms with van der Waals surface area (Å²) in [6.07, 6.45) is 0. The Balaban J connectivity index is 2.39. The summed E-state index contributed by atoms with van der Waals surface area (Å²) in [5, 5.41) is 3.40. The lowest BCUT2D eigenvalue weighted by atomic mass is 10.3. The molecule has 1 aromatic carbocycles. The highest BCUT2D eigenvalue weighted by atomic mass is 32.2. The molecule has 0 bridgehead atoms. The van der Waals surface area contributed by atoms with Crippen molar-refractivity contribution in [2.45, 2.75) is 11.8 Å². The maximum Gasteiger partial charge on any atom is 0.266 e. The number of anilines is 1. The minimum absolute atomic E-state index is 0.101. The van der Waals surface area contributed by atoms with Gasteiger partial charge in [0.15, 0.2) is 5.82 Å². The average Bonchev–Trinajstić information content (AvgIpc) is 2.66. The van der Waals surface area contributed by atoms with Gasteiger partial charge in [-0.25, -0.2) is 17.2 Å². The van der Waals surface area contributed by atoms with Crippen LogP contribution in [0.4, 0.5) is 14.6 Å². The lowest BCUT2D eigenvalue weighted by molar-refractivity contribution is 0.400. The second kappa shape index (κ2) is 4.37. The summed E-state index contributed by atoms with van der Waals surface area (Å²) < 4.78 is 56.5. The second-order valence-electron chi connectivity index (χ2n) is 3.50. The van der Waals surface area contributed by atoms with Crippen LogP contribution in [-0.2, 0) is 10.0 Å². The van der Waals surface area contributed by atoms with Crippen LogP contribution in [0.2, 0.25) is 0 Å². The average molecular weight is 274 g/mol. The van der Waals surface area contributed by atoms with Crippen molar-refractivity contribution in [3.8, 4) is 0 Å². The number of hydrogen-bond donors (Lipinski definition) is 1. The summed E-state index contributed by atoms with van der Waals surface area (Å²) in [7, 11) is -4.24. The minimum atomic E-state index is -4.24. The van der Waals surface area contributed by atoms with Crippen LogP contribution < -0.4 is 4.72 Å². The molecule has 18 heavy (non-hydrogen) atoms. The molecule has 0 saturated heterocycles. The number of aryl methyl sites for hydroxylation is 1. The van der Waals surface area contributed by atoms with Gasteiger partial charge in [0, 0.05) is 6.07 Å². The van der Waals surface area contributed by atoms with E-state index in [1.165, 1.54) is 6.07 Å². The largest absolute Gasteiger partial charge is 0.360 e. The molecule has 0 radical (unpaired) electrons. The fraction of sp³-hybridized carbons (Fsp3) is 0.100. The quantitative estimate of drug-likeness (QED) is 0.929. The third-order valence-electron chi connectivity index (χ3n) is 2.05. The molecule has 0 amide bonds. The molecule has 0 aliphatic rings. The molecule has 0 fully saturated rings. The van der Waals surface area contributed by atoms with Crippen LogP contribution in [-0.4, -0.2) is 13.6 Å². The zero-order valence-electron chi connectivity index (χ0n) is 9.15. The SMILES string of the molecule is Cc1cc(NS(=O)(=O)c2cc(F)ccc2F)no1. The van der Waals surface area contributed by atoms with Gasteiger partial charge in [-0.3, -0.25) is 4.72 Å². The van der Waals surface area contributed by atoms with E-state index in [-0.39, 0.29) is 5.82 Å². The molecule has 8 heteroatoms. The van der Waals surface area contributed by atoms with Crippen molar-refractivity contribution in [2.24, 2.45) is 0 Å². The summed E-state index contributed by atoms with van der Waals surface area (Å²) in [5.74, 6) is -1.62. The molecule has 1 heterocycles. The van der Waals surface area contributed by atoms with E-state index in [1.807, 2.05) is 4.72 Å². The van der Waals surface area contributed by atoms with Gasteiger partial charge in [-0.1, -0.05) is 5.16 Å². The summed E-state index contributed by atoms with van der Waals surface area (Å²) in [5.41, 5.74) is 0. The molecule has 1 aromatic heterocycles. The molecule has 0 aliphatic carbocycles. The number of benzene rings is 1. The monoisotopic (exact) mass is 274 g/mol. The van der Waals surface area contributed by atoms with Gasteiger partial charge in [0.25, 0.3) is 10.0 Å². The number of aromatic nitrogens is 1. The zero-order chi connectivity index (χ0) is 13.3. The van der Waals surface area contributed by atoms with Crippen molar-refractivity contribution in [3.05, 3.63) is 41.7 Å². The smallest absolute Gasteiger partial charge is 0.266 e. The molecule has 2 aromatic rings. The van der Waals surface area contributed by atoms with Gasteiger partial charge in [0.2, 0.25) is 0 Å². The number of halogens is 2. The first-order valence-corrected chi connectivity index (χ1v) is 6.28. The van der Waals surface area contributed by atoms with Crippen LogP contribution in [0.25, 0.3) is 0 Å². The van der Waals surface area contributed by atoms with Crippen LogP contribution in [0.5, 0.6) is 0 Å². The molecule has 0 aliphatic heterocycles. The van der Waals surface area contributed by atoms with Crippen molar-refractivity contribution in [2.75, 3.05) is 4.72 Å². The number of rotatable bonds is 3. The van der Waals surface area contributed by atoms with Crippen molar-refractivity contribution >= 4 is 15.8 Å². The highest BCUT2D eigenvalue weighted by Crippen LogP contribution is 2.19. The summed E-state index contributed by atoms with van der Waals surface area (Å²) in [6, 6.07) is 3.46. The van der Waals surface area contributed by atoms with Crippen molar-refractivity contribution < 1.29 is 21.7 Å². The maximum absolute atomic E-state index is 13.3. The first-order valence-electron chi connectivity index (χ1n) is 4.80. The predicted molar refractivity (Wildman–Crippen MR) is 58.4 cm³/mol. The topological polar surface area (TPSA) is 72.2 Å². The molecule has 0 atom stereocenters. The minimum Gasteiger partial charge on any atom is -0.360 e. The van der Waals surface area contributed by atoms with Crippen LogP contribution in [0.3, 0.4) is 0 Å². The van der Waals surface area contributed by atoms with Crippen LogP contribution >= 0.6 is 0 Å². The normalized spacial score (nSPS) is 11.5. The Hall–Kier alpha value is -1.96. The van der Waals surface area contributed by atoms with Crippen LogP contribution in [0.1, 0.15) is 5.76 Å². The van der Waals surface area contributed by atoms with E-state index in [4.69, 9.17) is 0 Å². The third kappa shape index (κ3) is 2.48. The van der Waals surface area contributed by atoms with Gasteiger partial charge in [-0.15, -0.1) is 0 Å².